The summed E-state index contributed by atoms with van der Waals surface area (Å²) in [6.07, 6.45) is 0. The number of hydrogen-bond donors (Lipinski definition) is 1. The van der Waals surface area contributed by atoms with Crippen LogP contribution in [0.15, 0.2) is 24.3 Å². The van der Waals surface area contributed by atoms with E-state index in [9.17, 15) is 4.79 Å². The lowest BCUT2D eigenvalue weighted by atomic mass is 9.98. The Morgan fingerprint density at radius 2 is 2.20 bits per heavy atom. The van der Waals surface area contributed by atoms with Gasteiger partial charge in [-0.25, -0.2) is 0 Å². The monoisotopic (exact) mass is 229 g/mol. The van der Waals surface area contributed by atoms with Crippen molar-refractivity contribution >= 4 is 18.4 Å². The molecule has 1 aromatic carbocycles. The van der Waals surface area contributed by atoms with Crippen molar-refractivity contribution in [3.05, 3.63) is 35.4 Å². The largest absolute Gasteiger partial charge is 0.469 e. The lowest BCUT2D eigenvalue weighted by molar-refractivity contribution is -0.142. The number of aryl methyl sites for hydroxylation is 1. The predicted molar refractivity (Wildman–Crippen MR) is 62.2 cm³/mol. The van der Waals surface area contributed by atoms with Crippen molar-refractivity contribution in [3.63, 3.8) is 0 Å². The van der Waals surface area contributed by atoms with Gasteiger partial charge in [0.15, 0.2) is 0 Å². The van der Waals surface area contributed by atoms with Gasteiger partial charge < -0.3 is 10.5 Å². The molecule has 0 aliphatic carbocycles. The minimum Gasteiger partial charge on any atom is -0.469 e. The first-order chi connectivity index (χ1) is 6.69. The third-order valence-electron chi connectivity index (χ3n) is 2.17. The van der Waals surface area contributed by atoms with Crippen LogP contribution in [0.5, 0.6) is 0 Å². The van der Waals surface area contributed by atoms with E-state index in [1.807, 2.05) is 31.2 Å². The van der Waals surface area contributed by atoms with E-state index in [0.717, 1.165) is 11.1 Å². The Bertz CT molecular complexity index is 328. The molecule has 2 N–H and O–H groups in total. The number of ether oxygens (including phenoxy) is 1. The molecular formula is C11H16ClNO2. The third-order valence-corrected chi connectivity index (χ3v) is 2.17. The molecule has 0 spiro atoms. The van der Waals surface area contributed by atoms with Crippen LogP contribution in [0.25, 0.3) is 0 Å². The number of halogens is 1. The van der Waals surface area contributed by atoms with Gasteiger partial charge in [0.25, 0.3) is 0 Å². The normalized spacial score (nSPS) is 11.4. The van der Waals surface area contributed by atoms with E-state index in [0.29, 0.717) is 0 Å². The smallest absolute Gasteiger partial charge is 0.314 e. The van der Waals surface area contributed by atoms with Crippen molar-refractivity contribution in [1.82, 2.24) is 0 Å². The quantitative estimate of drug-likeness (QED) is 0.802. The molecule has 0 saturated heterocycles. The fourth-order valence-electron chi connectivity index (χ4n) is 1.40. The Balaban J connectivity index is 0.00000196. The molecule has 0 aliphatic rings. The molecule has 0 saturated carbocycles. The summed E-state index contributed by atoms with van der Waals surface area (Å²) < 4.78 is 4.68. The van der Waals surface area contributed by atoms with Gasteiger partial charge in [-0.3, -0.25) is 4.79 Å². The molecule has 1 atom stereocenters. The first-order valence-corrected chi connectivity index (χ1v) is 4.53. The maximum Gasteiger partial charge on any atom is 0.314 e. The second-order valence-corrected chi connectivity index (χ2v) is 3.23. The minimum absolute atomic E-state index is 0. The highest BCUT2D eigenvalue weighted by atomic mass is 35.5. The summed E-state index contributed by atoms with van der Waals surface area (Å²) in [7, 11) is 1.38. The van der Waals surface area contributed by atoms with Gasteiger partial charge in [-0.05, 0) is 12.5 Å². The molecule has 1 unspecified atom stereocenters. The fourth-order valence-corrected chi connectivity index (χ4v) is 1.40. The molecule has 0 heterocycles. The van der Waals surface area contributed by atoms with Crippen molar-refractivity contribution in [1.29, 1.82) is 0 Å². The van der Waals surface area contributed by atoms with Gasteiger partial charge in [-0.1, -0.05) is 29.8 Å². The van der Waals surface area contributed by atoms with Gasteiger partial charge in [0.1, 0.15) is 0 Å². The lowest BCUT2D eigenvalue weighted by Crippen LogP contribution is -2.22. The topological polar surface area (TPSA) is 52.3 Å². The van der Waals surface area contributed by atoms with Crippen LogP contribution in [0.2, 0.25) is 0 Å². The van der Waals surface area contributed by atoms with Gasteiger partial charge in [0.05, 0.1) is 13.0 Å². The standard InChI is InChI=1S/C11H15NO2.ClH/c1-8-4-3-5-9(6-8)10(7-12)11(13)14-2;/h3-6,10H,7,12H2,1-2H3;1H. The number of methoxy groups -OCH3 is 1. The number of nitrogens with two attached hydrogens (primary N) is 1. The summed E-state index contributed by atoms with van der Waals surface area (Å²) in [4.78, 5) is 11.4. The maximum absolute atomic E-state index is 11.4. The molecule has 1 aromatic rings. The zero-order valence-electron chi connectivity index (χ0n) is 8.90. The summed E-state index contributed by atoms with van der Waals surface area (Å²) >= 11 is 0. The molecule has 0 aromatic heterocycles. The molecule has 4 heteroatoms. The Morgan fingerprint density at radius 1 is 1.53 bits per heavy atom. The van der Waals surface area contributed by atoms with E-state index < -0.39 is 0 Å². The molecule has 84 valence electrons. The fraction of sp³-hybridized carbons (Fsp3) is 0.364. The summed E-state index contributed by atoms with van der Waals surface area (Å²) in [6.45, 7) is 2.25. The number of carbonyl (C=O) groups excluding carboxylic acids is 1. The zero-order valence-corrected chi connectivity index (χ0v) is 9.71. The Morgan fingerprint density at radius 3 is 2.67 bits per heavy atom. The van der Waals surface area contributed by atoms with Crippen molar-refractivity contribution in [2.24, 2.45) is 5.73 Å². The average molecular weight is 230 g/mol. The van der Waals surface area contributed by atoms with E-state index in [2.05, 4.69) is 4.74 Å². The van der Waals surface area contributed by atoms with Gasteiger partial charge >= 0.3 is 5.97 Å². The van der Waals surface area contributed by atoms with Crippen molar-refractivity contribution in [2.75, 3.05) is 13.7 Å². The van der Waals surface area contributed by atoms with Crippen LogP contribution >= 0.6 is 12.4 Å². The van der Waals surface area contributed by atoms with Crippen LogP contribution in [0, 0.1) is 6.92 Å². The molecule has 0 aliphatic heterocycles. The van der Waals surface area contributed by atoms with E-state index in [-0.39, 0.29) is 30.8 Å². The first-order valence-electron chi connectivity index (χ1n) is 4.53. The lowest BCUT2D eigenvalue weighted by Gasteiger charge is -2.12. The highest BCUT2D eigenvalue weighted by Crippen LogP contribution is 2.17. The van der Waals surface area contributed by atoms with Crippen molar-refractivity contribution in [3.8, 4) is 0 Å². The Labute approximate surface area is 96.0 Å². The number of rotatable bonds is 3. The maximum atomic E-state index is 11.4. The molecular weight excluding hydrogens is 214 g/mol. The molecule has 0 amide bonds. The third kappa shape index (κ3) is 3.53. The predicted octanol–water partition coefficient (Wildman–Crippen LogP) is 1.63. The van der Waals surface area contributed by atoms with Crippen molar-refractivity contribution in [2.45, 2.75) is 12.8 Å². The van der Waals surface area contributed by atoms with Crippen LogP contribution in [-0.4, -0.2) is 19.6 Å². The number of esters is 1. The summed E-state index contributed by atoms with van der Waals surface area (Å²) in [5.74, 6) is -0.627. The highest BCUT2D eigenvalue weighted by molar-refractivity contribution is 5.85. The van der Waals surface area contributed by atoms with Gasteiger partial charge in [0.2, 0.25) is 0 Å². The van der Waals surface area contributed by atoms with E-state index in [1.165, 1.54) is 7.11 Å². The van der Waals surface area contributed by atoms with E-state index in [4.69, 9.17) is 5.73 Å². The summed E-state index contributed by atoms with van der Waals surface area (Å²) in [6, 6.07) is 7.74. The van der Waals surface area contributed by atoms with Gasteiger partial charge in [0, 0.05) is 6.54 Å². The SMILES string of the molecule is COC(=O)C(CN)c1cccc(C)c1.Cl. The van der Waals surface area contributed by atoms with Gasteiger partial charge in [-0.15, -0.1) is 12.4 Å². The van der Waals surface area contributed by atoms with Crippen LogP contribution < -0.4 is 5.73 Å². The first kappa shape index (κ1) is 13.9. The van der Waals surface area contributed by atoms with Crippen LogP contribution in [0.3, 0.4) is 0 Å². The Kier molecular flexibility index (Phi) is 5.97. The molecule has 0 bridgehead atoms. The van der Waals surface area contributed by atoms with E-state index >= 15 is 0 Å². The second kappa shape index (κ2) is 6.43. The zero-order chi connectivity index (χ0) is 10.6. The summed E-state index contributed by atoms with van der Waals surface area (Å²) in [5.41, 5.74) is 7.56. The Hall–Kier alpha value is -1.06. The number of hydrogen-bond acceptors (Lipinski definition) is 3. The van der Waals surface area contributed by atoms with Gasteiger partial charge in [-0.2, -0.15) is 0 Å². The van der Waals surface area contributed by atoms with Crippen LogP contribution in [0.4, 0.5) is 0 Å². The average Bonchev–Trinajstić information content (AvgIpc) is 2.19. The second-order valence-electron chi connectivity index (χ2n) is 3.23. The number of benzene rings is 1. The van der Waals surface area contributed by atoms with E-state index in [1.54, 1.807) is 0 Å². The summed E-state index contributed by atoms with van der Waals surface area (Å²) in [5, 5.41) is 0. The molecule has 15 heavy (non-hydrogen) atoms. The van der Waals surface area contributed by atoms with Crippen LogP contribution in [0.1, 0.15) is 17.0 Å². The number of carbonyl (C=O) groups is 1. The minimum atomic E-state index is -0.347. The molecule has 1 rings (SSSR count). The van der Waals surface area contributed by atoms with Crippen molar-refractivity contribution < 1.29 is 9.53 Å². The molecule has 0 fully saturated rings. The molecule has 0 radical (unpaired) electrons. The molecule has 3 nitrogen and oxygen atoms in total. The van der Waals surface area contributed by atoms with Crippen LogP contribution in [-0.2, 0) is 9.53 Å². The highest BCUT2D eigenvalue weighted by Gasteiger charge is 2.19.